The summed E-state index contributed by atoms with van der Waals surface area (Å²) in [5.41, 5.74) is 1.03. The predicted octanol–water partition coefficient (Wildman–Crippen LogP) is 3.57. The van der Waals surface area contributed by atoms with Crippen molar-refractivity contribution in [1.29, 1.82) is 0 Å². The van der Waals surface area contributed by atoms with Crippen molar-refractivity contribution >= 4 is 32.3 Å². The third-order valence-corrected chi connectivity index (χ3v) is 6.89. The van der Waals surface area contributed by atoms with Crippen molar-refractivity contribution in [1.82, 2.24) is 0 Å². The molecule has 0 unspecified atom stereocenters. The number of carboxylic acids is 1. The number of carbonyl (C=O) groups is 1. The van der Waals surface area contributed by atoms with Crippen LogP contribution in [0.5, 0.6) is 0 Å². The Kier molecular flexibility index (Phi) is 4.35. The van der Waals surface area contributed by atoms with Gasteiger partial charge in [-0.1, -0.05) is 0 Å². The lowest BCUT2D eigenvalue weighted by Crippen LogP contribution is -2.16. The number of benzene rings is 1. The van der Waals surface area contributed by atoms with Gasteiger partial charge in [-0.05, 0) is 61.9 Å². The second kappa shape index (κ2) is 6.18. The Morgan fingerprint density at radius 1 is 1.29 bits per heavy atom. The van der Waals surface area contributed by atoms with Gasteiger partial charge in [-0.25, -0.2) is 17.6 Å². The highest BCUT2D eigenvalue weighted by atomic mass is 32.2. The monoisotopic (exact) mass is 369 g/mol. The molecule has 0 aliphatic heterocycles. The van der Waals surface area contributed by atoms with Crippen LogP contribution in [0, 0.1) is 12.7 Å². The summed E-state index contributed by atoms with van der Waals surface area (Å²) in [4.78, 5) is 12.5. The van der Waals surface area contributed by atoms with Crippen LogP contribution >= 0.6 is 11.3 Å². The van der Waals surface area contributed by atoms with Gasteiger partial charge in [-0.3, -0.25) is 4.72 Å². The van der Waals surface area contributed by atoms with E-state index < -0.39 is 21.8 Å². The molecule has 0 spiro atoms. The first-order valence-corrected chi connectivity index (χ1v) is 9.76. The zero-order valence-corrected chi connectivity index (χ0v) is 14.6. The molecule has 2 N–H and O–H groups in total. The molecular weight excluding hydrogens is 353 g/mol. The third-order valence-electron chi connectivity index (χ3n) is 4.04. The quantitative estimate of drug-likeness (QED) is 0.863. The lowest BCUT2D eigenvalue weighted by atomic mass is 9.96. The van der Waals surface area contributed by atoms with E-state index in [9.17, 15) is 22.7 Å². The highest BCUT2D eigenvalue weighted by molar-refractivity contribution is 7.93. The average Bonchev–Trinajstić information content (AvgIpc) is 2.83. The van der Waals surface area contributed by atoms with Crippen LogP contribution < -0.4 is 4.72 Å². The Bertz CT molecular complexity index is 918. The minimum Gasteiger partial charge on any atom is -0.478 e. The van der Waals surface area contributed by atoms with Gasteiger partial charge in [0.2, 0.25) is 0 Å². The fraction of sp³-hybridized carbons (Fsp3) is 0.312. The van der Waals surface area contributed by atoms with E-state index >= 15 is 0 Å². The normalized spacial score (nSPS) is 14.2. The number of nitrogens with one attached hydrogen (secondary N) is 1. The maximum atomic E-state index is 13.2. The molecule has 0 fully saturated rings. The van der Waals surface area contributed by atoms with E-state index in [4.69, 9.17) is 0 Å². The summed E-state index contributed by atoms with van der Waals surface area (Å²) < 4.78 is 40.8. The van der Waals surface area contributed by atoms with Gasteiger partial charge in [0, 0.05) is 4.88 Å². The van der Waals surface area contributed by atoms with Gasteiger partial charge in [-0.2, -0.15) is 0 Å². The Morgan fingerprint density at radius 2 is 2.00 bits per heavy atom. The highest BCUT2D eigenvalue weighted by Gasteiger charge is 2.28. The van der Waals surface area contributed by atoms with Gasteiger partial charge in [0.05, 0.1) is 10.5 Å². The van der Waals surface area contributed by atoms with Crippen molar-refractivity contribution in [3.8, 4) is 0 Å². The molecule has 0 saturated carbocycles. The van der Waals surface area contributed by atoms with Crippen molar-refractivity contribution in [2.24, 2.45) is 0 Å². The summed E-state index contributed by atoms with van der Waals surface area (Å²) >= 11 is 1.18. The Labute approximate surface area is 143 Å². The van der Waals surface area contributed by atoms with E-state index in [1.807, 2.05) is 0 Å². The number of halogens is 1. The molecule has 0 atom stereocenters. The van der Waals surface area contributed by atoms with Crippen LogP contribution in [0.2, 0.25) is 0 Å². The smallest absolute Gasteiger partial charge is 0.339 e. The van der Waals surface area contributed by atoms with Crippen LogP contribution in [-0.4, -0.2) is 19.5 Å². The Morgan fingerprint density at radius 3 is 2.67 bits per heavy atom. The van der Waals surface area contributed by atoms with Crippen LogP contribution in [0.4, 0.5) is 9.39 Å². The van der Waals surface area contributed by atoms with Crippen LogP contribution in [0.1, 0.15) is 39.2 Å². The third kappa shape index (κ3) is 3.03. The van der Waals surface area contributed by atoms with E-state index in [-0.39, 0.29) is 21.0 Å². The lowest BCUT2D eigenvalue weighted by molar-refractivity contribution is 0.0697. The number of aryl methyl sites for hydroxylation is 2. The van der Waals surface area contributed by atoms with Crippen LogP contribution in [-0.2, 0) is 22.9 Å². The summed E-state index contributed by atoms with van der Waals surface area (Å²) in [5, 5.41) is 9.61. The van der Waals surface area contributed by atoms with Gasteiger partial charge in [0.25, 0.3) is 10.0 Å². The number of carboxylic acid groups (broad SMARTS) is 1. The van der Waals surface area contributed by atoms with E-state index in [0.717, 1.165) is 41.8 Å². The van der Waals surface area contributed by atoms with Gasteiger partial charge in [-0.15, -0.1) is 11.3 Å². The molecule has 1 aliphatic rings. The van der Waals surface area contributed by atoms with Crippen LogP contribution in [0.15, 0.2) is 23.1 Å². The highest BCUT2D eigenvalue weighted by Crippen LogP contribution is 2.39. The standard InChI is InChI=1S/C16H16FNO4S2/c1-9-8-10(17)6-7-13(9)24(21,22)18-15-14(16(19)20)11-4-2-3-5-12(11)23-15/h6-8,18H,2-5H2,1H3,(H,19,20). The van der Waals surface area contributed by atoms with E-state index in [1.165, 1.54) is 24.3 Å². The van der Waals surface area contributed by atoms with Crippen molar-refractivity contribution in [2.45, 2.75) is 37.5 Å². The fourth-order valence-electron chi connectivity index (χ4n) is 2.96. The van der Waals surface area contributed by atoms with E-state index in [2.05, 4.69) is 4.72 Å². The molecule has 128 valence electrons. The van der Waals surface area contributed by atoms with Gasteiger partial charge in [0.1, 0.15) is 10.8 Å². The summed E-state index contributed by atoms with van der Waals surface area (Å²) in [6, 6.07) is 3.38. The maximum absolute atomic E-state index is 13.2. The fourth-order valence-corrected chi connectivity index (χ4v) is 5.77. The first kappa shape index (κ1) is 16.9. The number of sulfonamides is 1. The molecule has 0 radical (unpaired) electrons. The largest absolute Gasteiger partial charge is 0.478 e. The lowest BCUT2D eigenvalue weighted by Gasteiger charge is -2.11. The number of thiophene rings is 1. The molecule has 24 heavy (non-hydrogen) atoms. The Hall–Kier alpha value is -1.93. The molecule has 0 bridgehead atoms. The molecule has 1 aliphatic carbocycles. The van der Waals surface area contributed by atoms with Crippen molar-refractivity contribution < 1.29 is 22.7 Å². The predicted molar refractivity (Wildman–Crippen MR) is 89.9 cm³/mol. The molecule has 1 aromatic carbocycles. The van der Waals surface area contributed by atoms with Crippen molar-refractivity contribution in [3.63, 3.8) is 0 Å². The van der Waals surface area contributed by atoms with Gasteiger partial charge < -0.3 is 5.11 Å². The molecule has 5 nitrogen and oxygen atoms in total. The van der Waals surface area contributed by atoms with Crippen molar-refractivity contribution in [3.05, 3.63) is 45.6 Å². The van der Waals surface area contributed by atoms with E-state index in [0.29, 0.717) is 6.42 Å². The summed E-state index contributed by atoms with van der Waals surface area (Å²) in [7, 11) is -3.99. The number of rotatable bonds is 4. The second-order valence-corrected chi connectivity index (χ2v) is 8.49. The van der Waals surface area contributed by atoms with E-state index in [1.54, 1.807) is 0 Å². The molecule has 0 saturated heterocycles. The summed E-state index contributed by atoms with van der Waals surface area (Å²) in [5.74, 6) is -1.66. The molecular formula is C16H16FNO4S2. The number of hydrogen-bond donors (Lipinski definition) is 2. The molecule has 1 heterocycles. The Balaban J connectivity index is 2.04. The zero-order valence-electron chi connectivity index (χ0n) is 12.9. The number of aromatic carboxylic acids is 1. The van der Waals surface area contributed by atoms with Crippen molar-refractivity contribution in [2.75, 3.05) is 4.72 Å². The minimum atomic E-state index is -3.99. The molecule has 8 heteroatoms. The SMILES string of the molecule is Cc1cc(F)ccc1S(=O)(=O)Nc1sc2c(c1C(=O)O)CCCC2. The minimum absolute atomic E-state index is 0.0399. The first-order chi connectivity index (χ1) is 11.3. The summed E-state index contributed by atoms with van der Waals surface area (Å²) in [6.07, 6.45) is 3.27. The first-order valence-electron chi connectivity index (χ1n) is 7.46. The molecule has 3 rings (SSSR count). The number of fused-ring (bicyclic) bond motifs is 1. The zero-order chi connectivity index (χ0) is 17.5. The van der Waals surface area contributed by atoms with Crippen LogP contribution in [0.3, 0.4) is 0 Å². The maximum Gasteiger partial charge on any atom is 0.339 e. The van der Waals surface area contributed by atoms with Crippen LogP contribution in [0.25, 0.3) is 0 Å². The average molecular weight is 369 g/mol. The topological polar surface area (TPSA) is 83.5 Å². The summed E-state index contributed by atoms with van der Waals surface area (Å²) in [6.45, 7) is 1.50. The number of anilines is 1. The second-order valence-electron chi connectivity index (χ2n) is 5.74. The molecule has 0 amide bonds. The molecule has 1 aromatic heterocycles. The molecule has 2 aromatic rings. The van der Waals surface area contributed by atoms with Gasteiger partial charge in [0.15, 0.2) is 0 Å². The number of hydrogen-bond acceptors (Lipinski definition) is 4. The van der Waals surface area contributed by atoms with Gasteiger partial charge >= 0.3 is 5.97 Å².